The molecule has 1 atom stereocenters. The van der Waals surface area contributed by atoms with Gasteiger partial charge in [0.2, 0.25) is 0 Å². The van der Waals surface area contributed by atoms with Crippen molar-refractivity contribution in [1.82, 2.24) is 4.98 Å². The van der Waals surface area contributed by atoms with Crippen LogP contribution in [0.2, 0.25) is 0 Å². The van der Waals surface area contributed by atoms with Gasteiger partial charge in [-0.15, -0.1) is 0 Å². The van der Waals surface area contributed by atoms with Crippen LogP contribution in [0.15, 0.2) is 24.3 Å². The molecular weight excluding hydrogens is 238 g/mol. The van der Waals surface area contributed by atoms with Crippen LogP contribution in [0.3, 0.4) is 0 Å². The molecule has 0 saturated carbocycles. The maximum atomic E-state index is 5.85. The van der Waals surface area contributed by atoms with Gasteiger partial charge >= 0.3 is 0 Å². The van der Waals surface area contributed by atoms with E-state index in [2.05, 4.69) is 22.0 Å². The third-order valence-electron chi connectivity index (χ3n) is 3.72. The van der Waals surface area contributed by atoms with Crippen LogP contribution in [0.5, 0.6) is 0 Å². The maximum absolute atomic E-state index is 5.85. The lowest BCUT2D eigenvalue weighted by Gasteiger charge is -2.27. The standard InChI is InChI=1S/C15H19N3O/c1-10-8-14(18-7-3-4-15(18)19-2)12-6-5-11(16)9-13(12)17-10/h5-6,8-9,15H,3-4,7,16H2,1-2H3. The van der Waals surface area contributed by atoms with Gasteiger partial charge in [0, 0.05) is 36.1 Å². The Hall–Kier alpha value is -1.81. The van der Waals surface area contributed by atoms with Gasteiger partial charge in [-0.25, -0.2) is 0 Å². The van der Waals surface area contributed by atoms with Crippen LogP contribution in [0.25, 0.3) is 10.9 Å². The van der Waals surface area contributed by atoms with E-state index < -0.39 is 0 Å². The lowest BCUT2D eigenvalue weighted by atomic mass is 10.1. The summed E-state index contributed by atoms with van der Waals surface area (Å²) >= 11 is 0. The predicted molar refractivity (Wildman–Crippen MR) is 78.3 cm³/mol. The number of aromatic nitrogens is 1. The van der Waals surface area contributed by atoms with Gasteiger partial charge in [-0.3, -0.25) is 4.98 Å². The molecule has 2 aromatic rings. The minimum atomic E-state index is 0.169. The van der Waals surface area contributed by atoms with E-state index in [1.807, 2.05) is 19.1 Å². The van der Waals surface area contributed by atoms with E-state index in [9.17, 15) is 0 Å². The van der Waals surface area contributed by atoms with Crippen molar-refractivity contribution >= 4 is 22.3 Å². The number of pyridine rings is 1. The number of fused-ring (bicyclic) bond motifs is 1. The van der Waals surface area contributed by atoms with Crippen LogP contribution < -0.4 is 10.6 Å². The third kappa shape index (κ3) is 2.12. The molecule has 3 rings (SSSR count). The molecule has 0 amide bonds. The second kappa shape index (κ2) is 4.70. The summed E-state index contributed by atoms with van der Waals surface area (Å²) in [6.07, 6.45) is 2.41. The Kier molecular flexibility index (Phi) is 3.03. The van der Waals surface area contributed by atoms with Gasteiger partial charge in [0.15, 0.2) is 0 Å². The van der Waals surface area contributed by atoms with Crippen LogP contribution in [0.4, 0.5) is 11.4 Å². The predicted octanol–water partition coefficient (Wildman–Crippen LogP) is 2.70. The van der Waals surface area contributed by atoms with E-state index in [0.29, 0.717) is 0 Å². The van der Waals surface area contributed by atoms with Crippen molar-refractivity contribution in [2.45, 2.75) is 26.0 Å². The third-order valence-corrected chi connectivity index (χ3v) is 3.72. The number of rotatable bonds is 2. The summed E-state index contributed by atoms with van der Waals surface area (Å²) in [5, 5.41) is 1.14. The minimum absolute atomic E-state index is 0.169. The number of hydrogen-bond acceptors (Lipinski definition) is 4. The van der Waals surface area contributed by atoms with Crippen LogP contribution in [-0.2, 0) is 4.74 Å². The van der Waals surface area contributed by atoms with Crippen molar-refractivity contribution in [3.63, 3.8) is 0 Å². The second-order valence-electron chi connectivity index (χ2n) is 5.09. The zero-order valence-corrected chi connectivity index (χ0v) is 11.4. The average Bonchev–Trinajstić information content (AvgIpc) is 2.85. The molecule has 100 valence electrons. The first-order chi connectivity index (χ1) is 9.19. The van der Waals surface area contributed by atoms with Gasteiger partial charge in [0.1, 0.15) is 6.23 Å². The Labute approximate surface area is 113 Å². The highest BCUT2D eigenvalue weighted by molar-refractivity contribution is 5.93. The van der Waals surface area contributed by atoms with E-state index in [1.165, 1.54) is 5.69 Å². The van der Waals surface area contributed by atoms with Gasteiger partial charge in [0.25, 0.3) is 0 Å². The Morgan fingerprint density at radius 1 is 1.37 bits per heavy atom. The lowest BCUT2D eigenvalue weighted by Crippen LogP contribution is -2.30. The summed E-state index contributed by atoms with van der Waals surface area (Å²) in [5.41, 5.74) is 9.77. The summed E-state index contributed by atoms with van der Waals surface area (Å²) in [5.74, 6) is 0. The van der Waals surface area contributed by atoms with Crippen LogP contribution in [-0.4, -0.2) is 24.9 Å². The smallest absolute Gasteiger partial charge is 0.129 e. The topological polar surface area (TPSA) is 51.4 Å². The number of nitrogen functional groups attached to an aromatic ring is 1. The molecule has 1 aliphatic heterocycles. The van der Waals surface area contributed by atoms with Crippen molar-refractivity contribution in [1.29, 1.82) is 0 Å². The highest BCUT2D eigenvalue weighted by Crippen LogP contribution is 2.33. The fraction of sp³-hybridized carbons (Fsp3) is 0.400. The van der Waals surface area contributed by atoms with Gasteiger partial charge in [-0.05, 0) is 44.0 Å². The van der Waals surface area contributed by atoms with Crippen molar-refractivity contribution in [2.24, 2.45) is 0 Å². The Morgan fingerprint density at radius 2 is 2.21 bits per heavy atom. The minimum Gasteiger partial charge on any atom is -0.399 e. The van der Waals surface area contributed by atoms with E-state index in [-0.39, 0.29) is 6.23 Å². The molecule has 4 heteroatoms. The van der Waals surface area contributed by atoms with Crippen molar-refractivity contribution < 1.29 is 4.74 Å². The zero-order chi connectivity index (χ0) is 13.4. The fourth-order valence-corrected chi connectivity index (χ4v) is 2.85. The molecule has 1 aromatic heterocycles. The molecular formula is C15H19N3O. The van der Waals surface area contributed by atoms with E-state index in [0.717, 1.165) is 41.7 Å². The van der Waals surface area contributed by atoms with Gasteiger partial charge in [-0.2, -0.15) is 0 Å². The van der Waals surface area contributed by atoms with E-state index in [1.54, 1.807) is 7.11 Å². The molecule has 1 aliphatic rings. The molecule has 0 aliphatic carbocycles. The number of ether oxygens (including phenoxy) is 1. The highest BCUT2D eigenvalue weighted by atomic mass is 16.5. The average molecular weight is 257 g/mol. The Bertz CT molecular complexity index is 606. The molecule has 1 unspecified atom stereocenters. The quantitative estimate of drug-likeness (QED) is 0.840. The van der Waals surface area contributed by atoms with Gasteiger partial charge < -0.3 is 15.4 Å². The molecule has 2 heterocycles. The number of methoxy groups -OCH3 is 1. The first kappa shape index (κ1) is 12.2. The lowest BCUT2D eigenvalue weighted by molar-refractivity contribution is 0.111. The van der Waals surface area contributed by atoms with Crippen molar-refractivity contribution in [2.75, 3.05) is 24.3 Å². The molecule has 1 saturated heterocycles. The molecule has 0 radical (unpaired) electrons. The fourth-order valence-electron chi connectivity index (χ4n) is 2.85. The molecule has 2 N–H and O–H groups in total. The van der Waals surface area contributed by atoms with Crippen LogP contribution in [0, 0.1) is 6.92 Å². The van der Waals surface area contributed by atoms with Gasteiger partial charge in [0.05, 0.1) is 5.52 Å². The van der Waals surface area contributed by atoms with Crippen molar-refractivity contribution in [3.05, 3.63) is 30.0 Å². The van der Waals surface area contributed by atoms with Crippen LogP contribution in [0.1, 0.15) is 18.5 Å². The Balaban J connectivity index is 2.17. The number of aryl methyl sites for hydroxylation is 1. The maximum Gasteiger partial charge on any atom is 0.129 e. The normalized spacial score (nSPS) is 19.3. The number of anilines is 2. The number of benzene rings is 1. The van der Waals surface area contributed by atoms with E-state index in [4.69, 9.17) is 10.5 Å². The molecule has 0 spiro atoms. The summed E-state index contributed by atoms with van der Waals surface area (Å²) < 4.78 is 5.57. The summed E-state index contributed by atoms with van der Waals surface area (Å²) in [7, 11) is 1.78. The number of nitrogens with zero attached hydrogens (tertiary/aromatic N) is 2. The number of nitrogens with two attached hydrogens (primary N) is 1. The van der Waals surface area contributed by atoms with Crippen molar-refractivity contribution in [3.8, 4) is 0 Å². The monoisotopic (exact) mass is 257 g/mol. The van der Waals surface area contributed by atoms with E-state index >= 15 is 0 Å². The summed E-state index contributed by atoms with van der Waals surface area (Å²) in [4.78, 5) is 6.90. The number of hydrogen-bond donors (Lipinski definition) is 1. The summed E-state index contributed by atoms with van der Waals surface area (Å²) in [6.45, 7) is 3.05. The SMILES string of the molecule is COC1CCCN1c1cc(C)nc2cc(N)ccc12. The summed E-state index contributed by atoms with van der Waals surface area (Å²) in [6, 6.07) is 8.05. The molecule has 1 aromatic carbocycles. The highest BCUT2D eigenvalue weighted by Gasteiger charge is 2.25. The Morgan fingerprint density at radius 3 is 3.00 bits per heavy atom. The molecule has 1 fully saturated rings. The molecule has 19 heavy (non-hydrogen) atoms. The first-order valence-electron chi connectivity index (χ1n) is 6.65. The zero-order valence-electron chi connectivity index (χ0n) is 11.4. The molecule has 4 nitrogen and oxygen atoms in total. The largest absolute Gasteiger partial charge is 0.399 e. The molecule has 0 bridgehead atoms. The first-order valence-corrected chi connectivity index (χ1v) is 6.65. The van der Waals surface area contributed by atoms with Gasteiger partial charge in [-0.1, -0.05) is 0 Å². The van der Waals surface area contributed by atoms with Crippen LogP contribution >= 0.6 is 0 Å². The second-order valence-corrected chi connectivity index (χ2v) is 5.09.